The van der Waals surface area contributed by atoms with Crippen molar-refractivity contribution in [1.82, 2.24) is 15.3 Å². The molecule has 2 aliphatic rings. The third kappa shape index (κ3) is 4.13. The number of esters is 1. The van der Waals surface area contributed by atoms with Crippen LogP contribution < -0.4 is 5.32 Å². The quantitative estimate of drug-likeness (QED) is 0.392. The van der Waals surface area contributed by atoms with Crippen LogP contribution in [0.1, 0.15) is 73.3 Å². The van der Waals surface area contributed by atoms with Gasteiger partial charge in [0.15, 0.2) is 0 Å². The van der Waals surface area contributed by atoms with Gasteiger partial charge in [-0.1, -0.05) is 32.1 Å². The van der Waals surface area contributed by atoms with Gasteiger partial charge in [-0.25, -0.2) is 4.79 Å². The molecule has 0 amide bonds. The summed E-state index contributed by atoms with van der Waals surface area (Å²) in [5, 5.41) is 4.15. The Bertz CT molecular complexity index is 1340. The van der Waals surface area contributed by atoms with E-state index in [1.54, 1.807) is 12.4 Å². The standard InChI is InChI=1S/C30H33N3O2/c1-5-31-27(26-9-6-8-20(2)33-26)21(3)22-10-11-25-23(16-22)17-24(18-32-25)28(34)35-19-30-13-7-12-29(30,4)14-15-30/h5-6,8-11,16-18,31H,1,7,12-15,19H2,2-4H3/b27-21+. The molecule has 5 nitrogen and oxygen atoms in total. The lowest BCUT2D eigenvalue weighted by Crippen LogP contribution is -2.48. The van der Waals surface area contributed by atoms with Crippen LogP contribution in [0.25, 0.3) is 22.2 Å². The fraction of sp³-hybridized carbons (Fsp3) is 0.367. The first-order valence-electron chi connectivity index (χ1n) is 12.4. The summed E-state index contributed by atoms with van der Waals surface area (Å²) in [5.41, 5.74) is 6.61. The fourth-order valence-electron chi connectivity index (χ4n) is 5.92. The van der Waals surface area contributed by atoms with Gasteiger partial charge in [-0.2, -0.15) is 0 Å². The zero-order valence-electron chi connectivity index (χ0n) is 20.9. The van der Waals surface area contributed by atoms with Crippen molar-refractivity contribution in [3.8, 4) is 0 Å². The SMILES string of the molecule is C=CN/C(=C(\C)c1ccc2ncc(C(=O)OCC34CCCC3(C)CC4)cc2c1)c1cccc(C)n1. The Kier molecular flexibility index (Phi) is 5.96. The molecule has 2 aromatic heterocycles. The number of rotatable bonds is 7. The molecule has 3 aromatic rings. The second-order valence-corrected chi connectivity index (χ2v) is 10.4. The summed E-state index contributed by atoms with van der Waals surface area (Å²) in [6, 6.07) is 13.9. The molecule has 0 spiro atoms. The molecular formula is C30H33N3O2. The van der Waals surface area contributed by atoms with Crippen molar-refractivity contribution in [2.75, 3.05) is 6.61 Å². The number of benzene rings is 1. The van der Waals surface area contributed by atoms with E-state index in [1.807, 2.05) is 43.3 Å². The van der Waals surface area contributed by atoms with E-state index in [4.69, 9.17) is 4.74 Å². The monoisotopic (exact) mass is 467 g/mol. The van der Waals surface area contributed by atoms with Crippen LogP contribution in [0, 0.1) is 17.8 Å². The van der Waals surface area contributed by atoms with E-state index < -0.39 is 0 Å². The Balaban J connectivity index is 1.42. The Morgan fingerprint density at radius 2 is 1.97 bits per heavy atom. The number of carbonyl (C=O) groups excluding carboxylic acids is 1. The Hall–Kier alpha value is -3.47. The minimum absolute atomic E-state index is 0.181. The highest BCUT2D eigenvalue weighted by atomic mass is 16.5. The van der Waals surface area contributed by atoms with E-state index >= 15 is 0 Å². The van der Waals surface area contributed by atoms with Gasteiger partial charge >= 0.3 is 5.97 Å². The number of fused-ring (bicyclic) bond motifs is 2. The number of nitrogens with one attached hydrogen (secondary N) is 1. The molecule has 5 rings (SSSR count). The largest absolute Gasteiger partial charge is 0.461 e. The van der Waals surface area contributed by atoms with E-state index in [1.165, 1.54) is 32.1 Å². The number of pyridine rings is 2. The van der Waals surface area contributed by atoms with Crippen molar-refractivity contribution >= 4 is 28.1 Å². The Labute approximate surface area is 207 Å². The van der Waals surface area contributed by atoms with Crippen LogP contribution >= 0.6 is 0 Å². The first kappa shape index (κ1) is 23.3. The number of hydrogen-bond donors (Lipinski definition) is 1. The van der Waals surface area contributed by atoms with Gasteiger partial charge in [0.25, 0.3) is 0 Å². The first-order chi connectivity index (χ1) is 16.8. The summed E-state index contributed by atoms with van der Waals surface area (Å²) in [6.07, 6.45) is 9.35. The lowest BCUT2D eigenvalue weighted by molar-refractivity contribution is -0.0822. The maximum Gasteiger partial charge on any atom is 0.339 e. The zero-order valence-corrected chi connectivity index (χ0v) is 20.9. The molecule has 1 aromatic carbocycles. The van der Waals surface area contributed by atoms with Crippen molar-refractivity contribution in [3.63, 3.8) is 0 Å². The minimum Gasteiger partial charge on any atom is -0.461 e. The second-order valence-electron chi connectivity index (χ2n) is 10.4. The summed E-state index contributed by atoms with van der Waals surface area (Å²) in [6.45, 7) is 10.7. The molecule has 0 bridgehead atoms. The van der Waals surface area contributed by atoms with Gasteiger partial charge in [0, 0.05) is 22.7 Å². The van der Waals surface area contributed by atoms with Crippen LogP contribution in [0.3, 0.4) is 0 Å². The number of aryl methyl sites for hydroxylation is 1. The van der Waals surface area contributed by atoms with Gasteiger partial charge in [-0.05, 0) is 92.6 Å². The molecule has 0 saturated heterocycles. The highest BCUT2D eigenvalue weighted by Crippen LogP contribution is 2.66. The van der Waals surface area contributed by atoms with Gasteiger partial charge in [-0.3, -0.25) is 9.97 Å². The lowest BCUT2D eigenvalue weighted by atomic mass is 9.52. The smallest absolute Gasteiger partial charge is 0.339 e. The van der Waals surface area contributed by atoms with Crippen LogP contribution in [-0.2, 0) is 4.74 Å². The van der Waals surface area contributed by atoms with E-state index in [0.29, 0.717) is 17.6 Å². The third-order valence-electron chi connectivity index (χ3n) is 8.41. The van der Waals surface area contributed by atoms with Crippen molar-refractivity contribution in [1.29, 1.82) is 0 Å². The van der Waals surface area contributed by atoms with Gasteiger partial charge in [0.2, 0.25) is 0 Å². The number of nitrogens with zero attached hydrogens (tertiary/aromatic N) is 2. The van der Waals surface area contributed by atoms with Crippen LogP contribution in [0.5, 0.6) is 0 Å². The van der Waals surface area contributed by atoms with Gasteiger partial charge in [0.05, 0.1) is 29.1 Å². The van der Waals surface area contributed by atoms with E-state index in [9.17, 15) is 4.79 Å². The molecule has 5 heteroatoms. The number of ether oxygens (including phenoxy) is 1. The number of hydrogen-bond acceptors (Lipinski definition) is 5. The molecule has 0 aliphatic heterocycles. The van der Waals surface area contributed by atoms with Crippen molar-refractivity contribution < 1.29 is 9.53 Å². The first-order valence-corrected chi connectivity index (χ1v) is 12.4. The molecule has 1 N–H and O–H groups in total. The highest BCUT2D eigenvalue weighted by Gasteiger charge is 2.59. The summed E-state index contributed by atoms with van der Waals surface area (Å²) in [4.78, 5) is 22.2. The Morgan fingerprint density at radius 3 is 2.69 bits per heavy atom. The molecule has 2 heterocycles. The molecule has 2 unspecified atom stereocenters. The molecule has 35 heavy (non-hydrogen) atoms. The second kappa shape index (κ2) is 8.95. The normalized spacial score (nSPS) is 23.7. The molecule has 2 saturated carbocycles. The van der Waals surface area contributed by atoms with E-state index in [2.05, 4.69) is 41.8 Å². The summed E-state index contributed by atoms with van der Waals surface area (Å²) < 4.78 is 5.85. The Morgan fingerprint density at radius 1 is 1.14 bits per heavy atom. The number of allylic oxidation sites excluding steroid dienone is 1. The predicted octanol–water partition coefficient (Wildman–Crippen LogP) is 6.69. The van der Waals surface area contributed by atoms with Gasteiger partial charge in [-0.15, -0.1) is 0 Å². The van der Waals surface area contributed by atoms with E-state index in [0.717, 1.165) is 39.1 Å². The van der Waals surface area contributed by atoms with E-state index in [-0.39, 0.29) is 11.4 Å². The zero-order chi connectivity index (χ0) is 24.6. The number of carbonyl (C=O) groups is 1. The molecule has 2 aliphatic carbocycles. The molecule has 180 valence electrons. The van der Waals surface area contributed by atoms with Crippen molar-refractivity contribution in [3.05, 3.63) is 84.0 Å². The maximum absolute atomic E-state index is 13.0. The maximum atomic E-state index is 13.0. The van der Waals surface area contributed by atoms with Crippen molar-refractivity contribution in [2.24, 2.45) is 10.8 Å². The highest BCUT2D eigenvalue weighted by molar-refractivity contribution is 5.96. The van der Waals surface area contributed by atoms with Gasteiger partial charge < -0.3 is 10.1 Å². The molecular weight excluding hydrogens is 434 g/mol. The molecule has 2 fully saturated rings. The summed E-state index contributed by atoms with van der Waals surface area (Å²) in [7, 11) is 0. The predicted molar refractivity (Wildman–Crippen MR) is 140 cm³/mol. The number of aromatic nitrogens is 2. The van der Waals surface area contributed by atoms with Crippen LogP contribution in [0.15, 0.2) is 61.4 Å². The molecule has 2 atom stereocenters. The molecule has 0 radical (unpaired) electrons. The average molecular weight is 468 g/mol. The third-order valence-corrected chi connectivity index (χ3v) is 8.41. The average Bonchev–Trinajstić information content (AvgIpc) is 3.08. The van der Waals surface area contributed by atoms with Crippen LogP contribution in [0.2, 0.25) is 0 Å². The lowest BCUT2D eigenvalue weighted by Gasteiger charge is -2.53. The van der Waals surface area contributed by atoms with Crippen molar-refractivity contribution in [2.45, 2.75) is 52.9 Å². The summed E-state index contributed by atoms with van der Waals surface area (Å²) in [5.74, 6) is -0.287. The van der Waals surface area contributed by atoms with Crippen LogP contribution in [-0.4, -0.2) is 22.5 Å². The topological polar surface area (TPSA) is 64.1 Å². The fourth-order valence-corrected chi connectivity index (χ4v) is 5.92. The van der Waals surface area contributed by atoms with Gasteiger partial charge in [0.1, 0.15) is 0 Å². The summed E-state index contributed by atoms with van der Waals surface area (Å²) >= 11 is 0. The minimum atomic E-state index is -0.287. The van der Waals surface area contributed by atoms with Crippen LogP contribution in [0.4, 0.5) is 0 Å².